The monoisotopic (exact) mass is 236 g/mol. The summed E-state index contributed by atoms with van der Waals surface area (Å²) in [6.07, 6.45) is -4.71. The maximum atomic E-state index is 12.6. The van der Waals surface area contributed by atoms with Gasteiger partial charge >= 0.3 is 6.18 Å². The van der Waals surface area contributed by atoms with Crippen LogP contribution in [0.1, 0.15) is 19.4 Å². The van der Waals surface area contributed by atoms with Gasteiger partial charge in [-0.15, -0.1) is 12.6 Å². The Balaban J connectivity index is 3.15. The molecule has 0 fully saturated rings. The summed E-state index contributed by atoms with van der Waals surface area (Å²) < 4.78 is 42.8. The number of thiol groups is 1. The summed E-state index contributed by atoms with van der Waals surface area (Å²) in [5.41, 5.74) is -0.788. The number of alkyl halides is 3. The second kappa shape index (κ2) is 4.35. The molecular weight excluding hydrogens is 225 g/mol. The largest absolute Gasteiger partial charge is 0.490 e. The van der Waals surface area contributed by atoms with Crippen LogP contribution in [0.25, 0.3) is 0 Å². The van der Waals surface area contributed by atoms with Crippen LogP contribution in [-0.4, -0.2) is 6.10 Å². The van der Waals surface area contributed by atoms with Gasteiger partial charge in [-0.2, -0.15) is 13.2 Å². The van der Waals surface area contributed by atoms with E-state index in [2.05, 4.69) is 12.6 Å². The van der Waals surface area contributed by atoms with Crippen LogP contribution in [0.4, 0.5) is 13.2 Å². The van der Waals surface area contributed by atoms with Crippen LogP contribution < -0.4 is 4.74 Å². The number of ether oxygens (including phenoxy) is 1. The fourth-order valence-corrected chi connectivity index (χ4v) is 1.30. The molecule has 0 aromatic heterocycles. The molecule has 84 valence electrons. The summed E-state index contributed by atoms with van der Waals surface area (Å²) in [5, 5.41) is 0. The first-order valence-electron chi connectivity index (χ1n) is 4.37. The second-order valence-electron chi connectivity index (χ2n) is 3.34. The zero-order chi connectivity index (χ0) is 11.6. The summed E-state index contributed by atoms with van der Waals surface area (Å²) in [7, 11) is 0. The highest BCUT2D eigenvalue weighted by atomic mass is 32.1. The molecule has 15 heavy (non-hydrogen) atoms. The van der Waals surface area contributed by atoms with Crippen molar-refractivity contribution in [2.45, 2.75) is 31.0 Å². The zero-order valence-corrected chi connectivity index (χ0v) is 9.19. The van der Waals surface area contributed by atoms with Crippen LogP contribution in [0.5, 0.6) is 5.75 Å². The summed E-state index contributed by atoms with van der Waals surface area (Å²) in [5.74, 6) is -0.157. The third-order valence-electron chi connectivity index (χ3n) is 1.63. The molecule has 0 amide bonds. The average Bonchev–Trinajstić information content (AvgIpc) is 2.05. The van der Waals surface area contributed by atoms with Crippen molar-refractivity contribution >= 4 is 12.6 Å². The summed E-state index contributed by atoms with van der Waals surface area (Å²) in [6, 6.07) is 3.71. The van der Waals surface area contributed by atoms with Crippen LogP contribution in [0.2, 0.25) is 0 Å². The summed E-state index contributed by atoms with van der Waals surface area (Å²) >= 11 is 3.87. The molecule has 1 nitrogen and oxygen atoms in total. The Bertz CT molecular complexity index is 347. The third-order valence-corrected chi connectivity index (χ3v) is 1.91. The van der Waals surface area contributed by atoms with Gasteiger partial charge in [-0.3, -0.25) is 0 Å². The van der Waals surface area contributed by atoms with Gasteiger partial charge in [0.15, 0.2) is 0 Å². The molecule has 1 aromatic carbocycles. The first-order chi connectivity index (χ1) is 6.80. The zero-order valence-electron chi connectivity index (χ0n) is 8.30. The van der Waals surface area contributed by atoms with E-state index in [0.29, 0.717) is 0 Å². The van der Waals surface area contributed by atoms with Crippen molar-refractivity contribution in [1.29, 1.82) is 0 Å². The lowest BCUT2D eigenvalue weighted by atomic mass is 10.2. The SMILES string of the molecule is CC(C)Oc1ccc(S)cc1C(F)(F)F. The summed E-state index contributed by atoms with van der Waals surface area (Å²) in [4.78, 5) is 0.262. The number of halogens is 3. The average molecular weight is 236 g/mol. The number of hydrogen-bond donors (Lipinski definition) is 1. The smallest absolute Gasteiger partial charge is 0.420 e. The van der Waals surface area contributed by atoms with E-state index < -0.39 is 11.7 Å². The van der Waals surface area contributed by atoms with Crippen molar-refractivity contribution in [3.63, 3.8) is 0 Å². The quantitative estimate of drug-likeness (QED) is 0.769. The molecule has 0 aliphatic rings. The standard InChI is InChI=1S/C10H11F3OS/c1-6(2)14-9-4-3-7(15)5-8(9)10(11,12)13/h3-6,15H,1-2H3. The van der Waals surface area contributed by atoms with E-state index in [-0.39, 0.29) is 16.7 Å². The molecule has 0 N–H and O–H groups in total. The van der Waals surface area contributed by atoms with E-state index in [0.717, 1.165) is 6.07 Å². The molecule has 0 radical (unpaired) electrons. The predicted octanol–water partition coefficient (Wildman–Crippen LogP) is 3.78. The molecule has 0 saturated heterocycles. The second-order valence-corrected chi connectivity index (χ2v) is 3.86. The van der Waals surface area contributed by atoms with E-state index in [1.807, 2.05) is 0 Å². The number of benzene rings is 1. The lowest BCUT2D eigenvalue weighted by molar-refractivity contribution is -0.139. The van der Waals surface area contributed by atoms with Gasteiger partial charge < -0.3 is 4.74 Å². The van der Waals surface area contributed by atoms with Gasteiger partial charge in [0, 0.05) is 4.90 Å². The van der Waals surface area contributed by atoms with Crippen molar-refractivity contribution in [1.82, 2.24) is 0 Å². The first-order valence-corrected chi connectivity index (χ1v) is 4.82. The molecule has 1 aromatic rings. The Morgan fingerprint density at radius 1 is 1.27 bits per heavy atom. The van der Waals surface area contributed by atoms with Crippen molar-refractivity contribution < 1.29 is 17.9 Å². The van der Waals surface area contributed by atoms with Crippen molar-refractivity contribution in [2.24, 2.45) is 0 Å². The molecule has 0 bridgehead atoms. The van der Waals surface area contributed by atoms with Crippen molar-refractivity contribution in [3.05, 3.63) is 23.8 Å². The minimum Gasteiger partial charge on any atom is -0.490 e. The van der Waals surface area contributed by atoms with E-state index in [1.54, 1.807) is 13.8 Å². The third kappa shape index (κ3) is 3.34. The Morgan fingerprint density at radius 2 is 1.87 bits per heavy atom. The Morgan fingerprint density at radius 3 is 2.33 bits per heavy atom. The molecule has 0 spiro atoms. The van der Waals surface area contributed by atoms with Crippen molar-refractivity contribution in [3.8, 4) is 5.75 Å². The van der Waals surface area contributed by atoms with Gasteiger partial charge in [-0.25, -0.2) is 0 Å². The lowest BCUT2D eigenvalue weighted by Gasteiger charge is -2.16. The first kappa shape index (κ1) is 12.2. The minimum absolute atomic E-state index is 0.157. The molecule has 0 heterocycles. The van der Waals surface area contributed by atoms with Gasteiger partial charge in [0.2, 0.25) is 0 Å². The molecular formula is C10H11F3OS. The summed E-state index contributed by atoms with van der Waals surface area (Å²) in [6.45, 7) is 3.35. The van der Waals surface area contributed by atoms with E-state index in [4.69, 9.17) is 4.74 Å². The van der Waals surface area contributed by atoms with Crippen LogP contribution >= 0.6 is 12.6 Å². The van der Waals surface area contributed by atoms with Gasteiger partial charge in [-0.1, -0.05) is 0 Å². The lowest BCUT2D eigenvalue weighted by Crippen LogP contribution is -2.12. The maximum Gasteiger partial charge on any atom is 0.420 e. The fraction of sp³-hybridized carbons (Fsp3) is 0.400. The van der Waals surface area contributed by atoms with Gasteiger partial charge in [0.1, 0.15) is 5.75 Å². The Kier molecular flexibility index (Phi) is 3.54. The van der Waals surface area contributed by atoms with Gasteiger partial charge in [-0.05, 0) is 32.0 Å². The van der Waals surface area contributed by atoms with E-state index in [1.165, 1.54) is 12.1 Å². The van der Waals surface area contributed by atoms with E-state index in [9.17, 15) is 13.2 Å². The normalized spacial score (nSPS) is 11.9. The topological polar surface area (TPSA) is 9.23 Å². The minimum atomic E-state index is -4.41. The number of hydrogen-bond acceptors (Lipinski definition) is 2. The van der Waals surface area contributed by atoms with Crippen LogP contribution in [0.15, 0.2) is 23.1 Å². The van der Waals surface area contributed by atoms with Crippen LogP contribution in [0, 0.1) is 0 Å². The van der Waals surface area contributed by atoms with Gasteiger partial charge in [0.25, 0.3) is 0 Å². The van der Waals surface area contributed by atoms with E-state index >= 15 is 0 Å². The van der Waals surface area contributed by atoms with Gasteiger partial charge in [0.05, 0.1) is 11.7 Å². The Hall–Kier alpha value is -0.840. The maximum absolute atomic E-state index is 12.6. The van der Waals surface area contributed by atoms with Crippen LogP contribution in [-0.2, 0) is 6.18 Å². The molecule has 0 saturated carbocycles. The highest BCUT2D eigenvalue weighted by molar-refractivity contribution is 7.80. The Labute approximate surface area is 91.7 Å². The highest BCUT2D eigenvalue weighted by Gasteiger charge is 2.34. The molecule has 0 aliphatic heterocycles. The molecule has 1 rings (SSSR count). The predicted molar refractivity (Wildman–Crippen MR) is 54.5 cm³/mol. The highest BCUT2D eigenvalue weighted by Crippen LogP contribution is 2.37. The van der Waals surface area contributed by atoms with Crippen LogP contribution in [0.3, 0.4) is 0 Å². The molecule has 0 aliphatic carbocycles. The molecule has 5 heteroatoms. The molecule has 0 atom stereocenters. The van der Waals surface area contributed by atoms with Crippen molar-refractivity contribution in [2.75, 3.05) is 0 Å². The number of rotatable bonds is 2. The fourth-order valence-electron chi connectivity index (χ4n) is 1.10. The molecule has 0 unspecified atom stereocenters.